The fourth-order valence-electron chi connectivity index (χ4n) is 2.46. The number of aryl methyl sites for hydroxylation is 1. The minimum atomic E-state index is 0.675. The highest BCUT2D eigenvalue weighted by Gasteiger charge is 2.11. The van der Waals surface area contributed by atoms with Gasteiger partial charge in [0.1, 0.15) is 0 Å². The van der Waals surface area contributed by atoms with E-state index in [4.69, 9.17) is 0 Å². The molecule has 1 aromatic carbocycles. The summed E-state index contributed by atoms with van der Waals surface area (Å²) < 4.78 is 0. The highest BCUT2D eigenvalue weighted by molar-refractivity contribution is 5.54. The number of nitrogens with zero attached hydrogens (tertiary/aromatic N) is 2. The smallest absolute Gasteiger partial charge is 0.0396 e. The van der Waals surface area contributed by atoms with E-state index in [1.54, 1.807) is 0 Å². The molecular weight excluding hydrogens is 246 g/mol. The molecule has 0 spiro atoms. The molecule has 0 heterocycles. The lowest BCUT2D eigenvalue weighted by atomic mass is 10.1. The molecule has 0 unspecified atom stereocenters. The summed E-state index contributed by atoms with van der Waals surface area (Å²) in [5.74, 6) is 0.675. The second-order valence-electron chi connectivity index (χ2n) is 6.29. The van der Waals surface area contributed by atoms with E-state index in [-0.39, 0.29) is 0 Å². The Morgan fingerprint density at radius 1 is 1.15 bits per heavy atom. The van der Waals surface area contributed by atoms with Gasteiger partial charge in [-0.15, -0.1) is 0 Å². The van der Waals surface area contributed by atoms with Crippen molar-refractivity contribution in [1.82, 2.24) is 10.2 Å². The van der Waals surface area contributed by atoms with E-state index < -0.39 is 0 Å². The third kappa shape index (κ3) is 5.51. The average Bonchev–Trinajstić information content (AvgIpc) is 2.35. The number of likely N-dealkylation sites (N-methyl/N-ethyl adjacent to an activating group) is 1. The lowest BCUT2D eigenvalue weighted by molar-refractivity contribution is 0.409. The van der Waals surface area contributed by atoms with E-state index in [2.05, 4.69) is 68.2 Å². The summed E-state index contributed by atoms with van der Waals surface area (Å²) in [7, 11) is 6.26. The van der Waals surface area contributed by atoms with Crippen molar-refractivity contribution in [3.63, 3.8) is 0 Å². The molecule has 20 heavy (non-hydrogen) atoms. The summed E-state index contributed by atoms with van der Waals surface area (Å²) in [5.41, 5.74) is 4.10. The number of nitrogens with one attached hydrogen (secondary N) is 1. The van der Waals surface area contributed by atoms with Crippen LogP contribution in [0.2, 0.25) is 0 Å². The minimum absolute atomic E-state index is 0.675. The normalized spacial score (nSPS) is 11.4. The van der Waals surface area contributed by atoms with E-state index in [1.807, 2.05) is 7.05 Å². The van der Waals surface area contributed by atoms with Gasteiger partial charge in [0, 0.05) is 31.9 Å². The standard InChI is InChI=1S/C17H31N3/c1-14(2)13-20(10-9-19(5)6)17-8-7-16(12-18-4)11-15(17)3/h7-8,11,14,18H,9-10,12-13H2,1-6H3. The Bertz CT molecular complexity index is 399. The molecule has 0 aliphatic heterocycles. The Labute approximate surface area is 125 Å². The van der Waals surface area contributed by atoms with Crippen molar-refractivity contribution in [3.05, 3.63) is 29.3 Å². The summed E-state index contributed by atoms with van der Waals surface area (Å²) in [4.78, 5) is 4.77. The third-order valence-corrected chi connectivity index (χ3v) is 3.39. The first-order valence-corrected chi connectivity index (χ1v) is 7.57. The van der Waals surface area contributed by atoms with Crippen molar-refractivity contribution in [2.75, 3.05) is 45.7 Å². The van der Waals surface area contributed by atoms with Crippen LogP contribution in [0.5, 0.6) is 0 Å². The van der Waals surface area contributed by atoms with Crippen LogP contribution in [0.25, 0.3) is 0 Å². The molecular formula is C17H31N3. The van der Waals surface area contributed by atoms with Crippen molar-refractivity contribution in [3.8, 4) is 0 Å². The third-order valence-electron chi connectivity index (χ3n) is 3.39. The molecule has 3 nitrogen and oxygen atoms in total. The van der Waals surface area contributed by atoms with Gasteiger partial charge in [0.05, 0.1) is 0 Å². The average molecular weight is 277 g/mol. The Hall–Kier alpha value is -1.06. The van der Waals surface area contributed by atoms with Gasteiger partial charge in [-0.05, 0) is 51.2 Å². The van der Waals surface area contributed by atoms with Crippen molar-refractivity contribution >= 4 is 5.69 Å². The van der Waals surface area contributed by atoms with Crippen molar-refractivity contribution in [2.45, 2.75) is 27.3 Å². The number of hydrogen-bond acceptors (Lipinski definition) is 3. The molecule has 0 saturated heterocycles. The highest BCUT2D eigenvalue weighted by Crippen LogP contribution is 2.22. The SMILES string of the molecule is CNCc1ccc(N(CCN(C)C)CC(C)C)c(C)c1. The fraction of sp³-hybridized carbons (Fsp3) is 0.647. The van der Waals surface area contributed by atoms with Gasteiger partial charge in [-0.25, -0.2) is 0 Å². The lowest BCUT2D eigenvalue weighted by Gasteiger charge is -2.29. The maximum Gasteiger partial charge on any atom is 0.0396 e. The summed E-state index contributed by atoms with van der Waals surface area (Å²) in [6.45, 7) is 11.0. The van der Waals surface area contributed by atoms with Crippen molar-refractivity contribution in [2.24, 2.45) is 5.92 Å². The van der Waals surface area contributed by atoms with Gasteiger partial charge in [-0.1, -0.05) is 26.0 Å². The first kappa shape index (κ1) is 17.0. The van der Waals surface area contributed by atoms with Crippen LogP contribution >= 0.6 is 0 Å². The van der Waals surface area contributed by atoms with Gasteiger partial charge in [-0.3, -0.25) is 0 Å². The Kier molecular flexibility index (Phi) is 7.03. The van der Waals surface area contributed by atoms with Crippen LogP contribution in [-0.4, -0.2) is 45.7 Å². The molecule has 1 N–H and O–H groups in total. The second-order valence-corrected chi connectivity index (χ2v) is 6.29. The summed E-state index contributed by atoms with van der Waals surface area (Å²) in [6, 6.07) is 6.82. The molecule has 114 valence electrons. The van der Waals surface area contributed by atoms with Crippen LogP contribution in [0.1, 0.15) is 25.0 Å². The van der Waals surface area contributed by atoms with Crippen LogP contribution in [-0.2, 0) is 6.54 Å². The molecule has 0 aliphatic rings. The van der Waals surface area contributed by atoms with Gasteiger partial charge in [0.2, 0.25) is 0 Å². The van der Waals surface area contributed by atoms with Crippen LogP contribution in [0.3, 0.4) is 0 Å². The van der Waals surface area contributed by atoms with E-state index in [9.17, 15) is 0 Å². The molecule has 1 rings (SSSR count). The van der Waals surface area contributed by atoms with E-state index in [0.29, 0.717) is 5.92 Å². The number of rotatable bonds is 8. The van der Waals surface area contributed by atoms with Crippen LogP contribution in [0.4, 0.5) is 5.69 Å². The molecule has 0 bridgehead atoms. The molecule has 1 aromatic rings. The molecule has 3 heteroatoms. The zero-order valence-electron chi connectivity index (χ0n) is 14.0. The fourth-order valence-corrected chi connectivity index (χ4v) is 2.46. The summed E-state index contributed by atoms with van der Waals surface area (Å²) >= 11 is 0. The van der Waals surface area contributed by atoms with Crippen molar-refractivity contribution < 1.29 is 0 Å². The number of hydrogen-bond donors (Lipinski definition) is 1. The van der Waals surface area contributed by atoms with Crippen LogP contribution in [0.15, 0.2) is 18.2 Å². The van der Waals surface area contributed by atoms with Gasteiger partial charge < -0.3 is 15.1 Å². The molecule has 0 aromatic heterocycles. The molecule has 0 radical (unpaired) electrons. The molecule has 0 atom stereocenters. The van der Waals surface area contributed by atoms with Crippen LogP contribution in [0, 0.1) is 12.8 Å². The summed E-state index contributed by atoms with van der Waals surface area (Å²) in [6.07, 6.45) is 0. The molecule has 0 aliphatic carbocycles. The summed E-state index contributed by atoms with van der Waals surface area (Å²) in [5, 5.41) is 3.21. The van der Waals surface area contributed by atoms with Gasteiger partial charge in [0.25, 0.3) is 0 Å². The lowest BCUT2D eigenvalue weighted by Crippen LogP contribution is -2.34. The maximum atomic E-state index is 3.21. The van der Waals surface area contributed by atoms with Gasteiger partial charge in [-0.2, -0.15) is 0 Å². The van der Waals surface area contributed by atoms with E-state index in [1.165, 1.54) is 16.8 Å². The number of benzene rings is 1. The predicted octanol–water partition coefficient (Wildman–Crippen LogP) is 2.74. The Balaban J connectivity index is 2.88. The quantitative estimate of drug-likeness (QED) is 0.788. The zero-order valence-corrected chi connectivity index (χ0v) is 14.0. The van der Waals surface area contributed by atoms with Crippen LogP contribution < -0.4 is 10.2 Å². The topological polar surface area (TPSA) is 18.5 Å². The molecule has 0 fully saturated rings. The monoisotopic (exact) mass is 277 g/mol. The maximum absolute atomic E-state index is 3.21. The van der Waals surface area contributed by atoms with Crippen molar-refractivity contribution in [1.29, 1.82) is 0 Å². The van der Waals surface area contributed by atoms with E-state index >= 15 is 0 Å². The second kappa shape index (κ2) is 8.28. The molecule has 0 saturated carbocycles. The number of anilines is 1. The van der Waals surface area contributed by atoms with Gasteiger partial charge >= 0.3 is 0 Å². The van der Waals surface area contributed by atoms with E-state index in [0.717, 1.165) is 26.2 Å². The first-order valence-electron chi connectivity index (χ1n) is 7.57. The Morgan fingerprint density at radius 2 is 1.85 bits per heavy atom. The highest BCUT2D eigenvalue weighted by atomic mass is 15.2. The Morgan fingerprint density at radius 3 is 2.35 bits per heavy atom. The molecule has 0 amide bonds. The first-order chi connectivity index (χ1) is 9.43. The predicted molar refractivity (Wildman–Crippen MR) is 89.5 cm³/mol. The largest absolute Gasteiger partial charge is 0.370 e. The van der Waals surface area contributed by atoms with Gasteiger partial charge in [0.15, 0.2) is 0 Å². The minimum Gasteiger partial charge on any atom is -0.370 e. The zero-order chi connectivity index (χ0) is 15.1.